The molecule has 1 aliphatic carbocycles. The number of hydrogen-bond acceptors (Lipinski definition) is 4. The summed E-state index contributed by atoms with van der Waals surface area (Å²) in [6, 6.07) is 16.3. The Morgan fingerprint density at radius 1 is 1.04 bits per heavy atom. The minimum atomic E-state index is -0.190. The molecule has 3 N–H and O–H groups in total. The maximum absolute atomic E-state index is 12.8. The van der Waals surface area contributed by atoms with Crippen molar-refractivity contribution >= 4 is 28.6 Å². The Balaban J connectivity index is 2.13. The number of rotatable bonds is 2. The van der Waals surface area contributed by atoms with Crippen LogP contribution in [0.2, 0.25) is 0 Å². The van der Waals surface area contributed by atoms with Crippen molar-refractivity contribution in [1.29, 1.82) is 0 Å². The van der Waals surface area contributed by atoms with Gasteiger partial charge in [-0.25, -0.2) is 0 Å². The fourth-order valence-corrected chi connectivity index (χ4v) is 3.10. The standard InChI is InChI=1S/C21H22N2O2/c1-21(2)12-17(23-16-10-8-15(22)9-11-16)19(18(24)13-21)20(25)14-6-4-3-5-7-14/h3-11,25H,12-13,22H2,1-2H3/b20-19+,23-17?. The molecule has 0 aromatic heterocycles. The highest BCUT2D eigenvalue weighted by atomic mass is 16.3. The third kappa shape index (κ3) is 3.79. The third-order valence-corrected chi connectivity index (χ3v) is 4.29. The number of hydrogen-bond donors (Lipinski definition) is 2. The number of benzene rings is 2. The zero-order chi connectivity index (χ0) is 18.0. The number of carbonyl (C=O) groups is 1. The molecule has 0 amide bonds. The number of allylic oxidation sites excluding steroid dienone is 1. The summed E-state index contributed by atoms with van der Waals surface area (Å²) >= 11 is 0. The summed E-state index contributed by atoms with van der Waals surface area (Å²) in [5.74, 6) is -0.0814. The van der Waals surface area contributed by atoms with Crippen molar-refractivity contribution < 1.29 is 9.90 Å². The summed E-state index contributed by atoms with van der Waals surface area (Å²) in [7, 11) is 0. The first-order valence-corrected chi connectivity index (χ1v) is 8.31. The maximum Gasteiger partial charge on any atom is 0.169 e. The average Bonchev–Trinajstić information content (AvgIpc) is 2.56. The van der Waals surface area contributed by atoms with Crippen LogP contribution in [0.1, 0.15) is 32.3 Å². The molecule has 4 heteroatoms. The first-order chi connectivity index (χ1) is 11.9. The predicted molar refractivity (Wildman–Crippen MR) is 102 cm³/mol. The second-order valence-electron chi connectivity index (χ2n) is 7.18. The van der Waals surface area contributed by atoms with Crippen molar-refractivity contribution in [2.75, 3.05) is 5.73 Å². The summed E-state index contributed by atoms with van der Waals surface area (Å²) < 4.78 is 0. The highest BCUT2D eigenvalue weighted by Gasteiger charge is 2.36. The highest BCUT2D eigenvalue weighted by Crippen LogP contribution is 2.37. The number of aliphatic hydroxyl groups excluding tert-OH is 1. The van der Waals surface area contributed by atoms with Gasteiger partial charge in [0.15, 0.2) is 5.78 Å². The summed E-state index contributed by atoms with van der Waals surface area (Å²) in [6.45, 7) is 4.08. The molecule has 3 rings (SSSR count). The normalized spacial score (nSPS) is 20.6. The quantitative estimate of drug-likeness (QED) is 0.475. The average molecular weight is 334 g/mol. The van der Waals surface area contributed by atoms with E-state index < -0.39 is 0 Å². The third-order valence-electron chi connectivity index (χ3n) is 4.29. The van der Waals surface area contributed by atoms with E-state index in [0.717, 1.165) is 0 Å². The Morgan fingerprint density at radius 3 is 2.32 bits per heavy atom. The molecule has 25 heavy (non-hydrogen) atoms. The fourth-order valence-electron chi connectivity index (χ4n) is 3.10. The van der Waals surface area contributed by atoms with E-state index in [9.17, 15) is 9.90 Å². The lowest BCUT2D eigenvalue weighted by Crippen LogP contribution is -2.32. The Hall–Kier alpha value is -2.88. The van der Waals surface area contributed by atoms with E-state index in [0.29, 0.717) is 41.1 Å². The van der Waals surface area contributed by atoms with E-state index in [2.05, 4.69) is 4.99 Å². The van der Waals surface area contributed by atoms with Crippen LogP contribution in [0.5, 0.6) is 0 Å². The number of nitrogens with two attached hydrogens (primary N) is 1. The van der Waals surface area contributed by atoms with Crippen molar-refractivity contribution in [2.24, 2.45) is 10.4 Å². The van der Waals surface area contributed by atoms with Crippen LogP contribution in [0.4, 0.5) is 11.4 Å². The summed E-state index contributed by atoms with van der Waals surface area (Å²) in [5, 5.41) is 10.7. The largest absolute Gasteiger partial charge is 0.506 e. The van der Waals surface area contributed by atoms with Crippen LogP contribution in [0.15, 0.2) is 65.2 Å². The van der Waals surface area contributed by atoms with Gasteiger partial charge in [0.1, 0.15) is 5.76 Å². The molecule has 0 atom stereocenters. The Morgan fingerprint density at radius 2 is 1.68 bits per heavy atom. The van der Waals surface area contributed by atoms with E-state index in [1.165, 1.54) is 0 Å². The lowest BCUT2D eigenvalue weighted by atomic mass is 9.73. The summed E-state index contributed by atoms with van der Waals surface area (Å²) in [5.41, 5.74) is 8.47. The van der Waals surface area contributed by atoms with E-state index in [1.54, 1.807) is 24.3 Å². The molecule has 0 unspecified atom stereocenters. The molecule has 1 saturated carbocycles. The molecule has 0 aliphatic heterocycles. The van der Waals surface area contributed by atoms with Gasteiger partial charge in [-0.2, -0.15) is 0 Å². The van der Waals surface area contributed by atoms with E-state index in [1.807, 2.05) is 44.2 Å². The van der Waals surface area contributed by atoms with Crippen molar-refractivity contribution in [3.8, 4) is 0 Å². The van der Waals surface area contributed by atoms with Crippen molar-refractivity contribution in [2.45, 2.75) is 26.7 Å². The number of carbonyl (C=O) groups excluding carboxylic acids is 1. The zero-order valence-corrected chi connectivity index (χ0v) is 14.5. The first kappa shape index (κ1) is 17.0. The highest BCUT2D eigenvalue weighted by molar-refractivity contribution is 6.28. The van der Waals surface area contributed by atoms with Gasteiger partial charge < -0.3 is 10.8 Å². The number of anilines is 1. The summed E-state index contributed by atoms with van der Waals surface area (Å²) in [6.07, 6.45) is 1.01. The molecule has 0 bridgehead atoms. The van der Waals surface area contributed by atoms with Gasteiger partial charge in [-0.15, -0.1) is 0 Å². The van der Waals surface area contributed by atoms with Crippen LogP contribution in [0.25, 0.3) is 5.76 Å². The zero-order valence-electron chi connectivity index (χ0n) is 14.5. The predicted octanol–water partition coefficient (Wildman–Crippen LogP) is 4.70. The molecule has 0 spiro atoms. The SMILES string of the molecule is CC1(C)CC(=O)/C(=C(/O)c2ccccc2)C(=Nc2ccc(N)cc2)C1. The molecule has 128 valence electrons. The molecule has 2 aromatic carbocycles. The Labute approximate surface area is 147 Å². The van der Waals surface area contributed by atoms with E-state index >= 15 is 0 Å². The number of aliphatic hydroxyl groups is 1. The van der Waals surface area contributed by atoms with Crippen molar-refractivity contribution in [3.63, 3.8) is 0 Å². The molecule has 0 saturated heterocycles. The van der Waals surface area contributed by atoms with Gasteiger partial charge in [0.25, 0.3) is 0 Å². The van der Waals surface area contributed by atoms with Crippen LogP contribution in [0.3, 0.4) is 0 Å². The lowest BCUT2D eigenvalue weighted by Gasteiger charge is -2.31. The Kier molecular flexibility index (Phi) is 4.45. The minimum absolute atomic E-state index is 0.00436. The minimum Gasteiger partial charge on any atom is -0.506 e. The first-order valence-electron chi connectivity index (χ1n) is 8.31. The second kappa shape index (κ2) is 6.55. The van der Waals surface area contributed by atoms with Crippen molar-refractivity contribution in [3.05, 3.63) is 65.7 Å². The van der Waals surface area contributed by atoms with E-state index in [-0.39, 0.29) is 17.0 Å². The Bertz CT molecular complexity index is 847. The fraction of sp³-hybridized carbons (Fsp3) is 0.238. The number of ketones is 1. The number of aliphatic imine (C=N–C) groups is 1. The number of nitrogens with zero attached hydrogens (tertiary/aromatic N) is 1. The van der Waals surface area contributed by atoms with E-state index in [4.69, 9.17) is 5.73 Å². The monoisotopic (exact) mass is 334 g/mol. The molecule has 4 nitrogen and oxygen atoms in total. The molecule has 0 radical (unpaired) electrons. The van der Waals surface area contributed by atoms with Crippen LogP contribution in [-0.4, -0.2) is 16.6 Å². The topological polar surface area (TPSA) is 75.7 Å². The maximum atomic E-state index is 12.8. The molecule has 2 aromatic rings. The van der Waals surface area contributed by atoms with Gasteiger partial charge in [-0.05, 0) is 36.1 Å². The number of Topliss-reactive ketones (excluding diaryl/α,β-unsaturated/α-hetero) is 1. The van der Waals surface area contributed by atoms with Crippen molar-refractivity contribution in [1.82, 2.24) is 0 Å². The van der Waals surface area contributed by atoms with Crippen LogP contribution >= 0.6 is 0 Å². The van der Waals surface area contributed by atoms with Gasteiger partial charge in [0, 0.05) is 17.7 Å². The lowest BCUT2D eigenvalue weighted by molar-refractivity contribution is -0.117. The smallest absolute Gasteiger partial charge is 0.169 e. The molecule has 1 aliphatic rings. The second-order valence-corrected chi connectivity index (χ2v) is 7.18. The molecular formula is C21H22N2O2. The van der Waals surface area contributed by atoms with Gasteiger partial charge in [0.05, 0.1) is 17.0 Å². The van der Waals surface area contributed by atoms with Gasteiger partial charge in [0.2, 0.25) is 0 Å². The molecule has 0 heterocycles. The van der Waals surface area contributed by atoms with Crippen LogP contribution in [-0.2, 0) is 4.79 Å². The molecular weight excluding hydrogens is 312 g/mol. The van der Waals surface area contributed by atoms with Gasteiger partial charge in [-0.3, -0.25) is 9.79 Å². The summed E-state index contributed by atoms with van der Waals surface area (Å²) in [4.78, 5) is 17.4. The number of nitrogen functional groups attached to an aromatic ring is 1. The van der Waals surface area contributed by atoms with Crippen LogP contribution in [0, 0.1) is 5.41 Å². The van der Waals surface area contributed by atoms with Gasteiger partial charge >= 0.3 is 0 Å². The van der Waals surface area contributed by atoms with Crippen LogP contribution < -0.4 is 5.73 Å². The molecule has 1 fully saturated rings. The van der Waals surface area contributed by atoms with Gasteiger partial charge in [-0.1, -0.05) is 44.2 Å².